The van der Waals surface area contributed by atoms with Gasteiger partial charge in [0.1, 0.15) is 41.1 Å². The summed E-state index contributed by atoms with van der Waals surface area (Å²) in [4.78, 5) is 111. The third-order valence-electron chi connectivity index (χ3n) is 19.5. The SMILES string of the molecule is CC1CCC(CO)(C(C)C[C@H](C(=O)OCc2ccccc2)[C@@H](C)OCc2ccccc2)N1C(=O)OC(C)(C)C.CC1CCC2(CN([C@H](C(=O)O)[C@@H](C)O)C2=O)N1C(=O)OC(C)(C)C.CC1CCC2(CN([C@H](C(=O)OCc3ccccc3)[C@@H](C)OCc3ccccc3)C2=O)N1C(=O)OC(C)(C)C. The number of aliphatic hydroxyl groups is 2. The highest BCUT2D eigenvalue weighted by Crippen LogP contribution is 2.47. The molecule has 9 rings (SSSR count). The van der Waals surface area contributed by atoms with E-state index in [4.69, 9.17) is 33.2 Å². The van der Waals surface area contributed by atoms with E-state index >= 15 is 0 Å². The van der Waals surface area contributed by atoms with E-state index in [-0.39, 0.29) is 68.8 Å². The number of carboxylic acids is 1. The smallest absolute Gasteiger partial charge is 0.411 e. The van der Waals surface area contributed by atoms with Crippen LogP contribution in [0.5, 0.6) is 0 Å². The van der Waals surface area contributed by atoms with E-state index in [0.717, 1.165) is 33.6 Å². The van der Waals surface area contributed by atoms with Gasteiger partial charge in [0.05, 0.1) is 62.7 Å². The minimum Gasteiger partial charge on any atom is -0.480 e. The minimum absolute atomic E-state index is 0.0929. The molecule has 7 unspecified atom stereocenters. The van der Waals surface area contributed by atoms with Gasteiger partial charge < -0.3 is 58.3 Å². The summed E-state index contributed by atoms with van der Waals surface area (Å²) in [5, 5.41) is 29.6. The average Bonchev–Trinajstić information content (AvgIpc) is 1.65. The summed E-state index contributed by atoms with van der Waals surface area (Å²) in [5.41, 5.74) is -1.21. The Morgan fingerprint density at radius 2 is 0.822 bits per heavy atom. The Morgan fingerprint density at radius 1 is 0.485 bits per heavy atom. The summed E-state index contributed by atoms with van der Waals surface area (Å²) in [6.45, 7) is 29.9. The number of aliphatic hydroxyl groups excluding tert-OH is 2. The number of carbonyl (C=O) groups excluding carboxylic acids is 7. The number of ether oxygens (including phenoxy) is 7. The molecule has 0 radical (unpaired) electrons. The largest absolute Gasteiger partial charge is 0.480 e. The minimum atomic E-state index is -1.31. The third-order valence-corrected chi connectivity index (χ3v) is 19.5. The van der Waals surface area contributed by atoms with Gasteiger partial charge in [0.2, 0.25) is 0 Å². The zero-order chi connectivity index (χ0) is 74.6. The van der Waals surface area contributed by atoms with Gasteiger partial charge >= 0.3 is 36.2 Å². The van der Waals surface area contributed by atoms with Gasteiger partial charge in [-0.1, -0.05) is 128 Å². The van der Waals surface area contributed by atoms with Crippen LogP contribution in [0.4, 0.5) is 14.4 Å². The predicted molar refractivity (Wildman–Crippen MR) is 377 cm³/mol. The summed E-state index contributed by atoms with van der Waals surface area (Å²) < 4.78 is 40.5. The second-order valence-electron chi connectivity index (χ2n) is 30.8. The number of carbonyl (C=O) groups is 8. The van der Waals surface area contributed by atoms with E-state index in [2.05, 4.69) is 0 Å². The van der Waals surface area contributed by atoms with Gasteiger partial charge in [0, 0.05) is 18.1 Å². The van der Waals surface area contributed by atoms with Crippen LogP contribution in [0.15, 0.2) is 121 Å². The highest BCUT2D eigenvalue weighted by atomic mass is 16.6. The summed E-state index contributed by atoms with van der Waals surface area (Å²) in [5.74, 6) is -3.68. The van der Waals surface area contributed by atoms with Crippen molar-refractivity contribution in [2.75, 3.05) is 19.7 Å². The molecule has 0 saturated carbocycles. The van der Waals surface area contributed by atoms with Gasteiger partial charge in [0.25, 0.3) is 11.8 Å². The summed E-state index contributed by atoms with van der Waals surface area (Å²) in [6, 6.07) is 35.8. The van der Waals surface area contributed by atoms with Crippen LogP contribution in [-0.4, -0.2) is 189 Å². The summed E-state index contributed by atoms with van der Waals surface area (Å²) in [7, 11) is 0. The van der Waals surface area contributed by atoms with Crippen molar-refractivity contribution < 1.29 is 86.8 Å². The molecule has 0 aromatic heterocycles. The Kier molecular flexibility index (Phi) is 26.8. The number of likely N-dealkylation sites (tertiary alicyclic amines) is 5. The van der Waals surface area contributed by atoms with Crippen LogP contribution in [0.2, 0.25) is 0 Å². The van der Waals surface area contributed by atoms with Gasteiger partial charge in [-0.05, 0) is 177 Å². The topological polar surface area (TPSA) is 278 Å². The van der Waals surface area contributed by atoms with Crippen LogP contribution in [0.3, 0.4) is 0 Å². The molecule has 23 nitrogen and oxygen atoms in total. The molecule has 554 valence electrons. The van der Waals surface area contributed by atoms with Gasteiger partial charge in [-0.2, -0.15) is 0 Å². The van der Waals surface area contributed by atoms with Crippen molar-refractivity contribution in [1.82, 2.24) is 24.5 Å². The van der Waals surface area contributed by atoms with Crippen molar-refractivity contribution in [3.05, 3.63) is 144 Å². The maximum atomic E-state index is 13.8. The quantitative estimate of drug-likeness (QED) is 0.0374. The molecular formula is C78H109N5O18. The predicted octanol–water partition coefficient (Wildman–Crippen LogP) is 11.7. The number of β-lactam (4-membered cyclic amide) rings is 2. The Hall–Kier alpha value is -8.12. The highest BCUT2D eigenvalue weighted by molar-refractivity contribution is 6.00. The van der Waals surface area contributed by atoms with Crippen molar-refractivity contribution in [2.24, 2.45) is 11.8 Å². The number of rotatable bonds is 22. The average molecular weight is 1400 g/mol. The van der Waals surface area contributed by atoms with Crippen molar-refractivity contribution in [2.45, 2.75) is 264 Å². The number of hydrogen-bond acceptors (Lipinski definition) is 17. The van der Waals surface area contributed by atoms with Crippen molar-refractivity contribution in [1.29, 1.82) is 0 Å². The van der Waals surface area contributed by atoms with E-state index in [9.17, 15) is 53.7 Å². The van der Waals surface area contributed by atoms with E-state index in [1.807, 2.05) is 177 Å². The molecule has 3 N–H and O–H groups in total. The molecule has 0 aliphatic carbocycles. The Morgan fingerprint density at radius 3 is 1.18 bits per heavy atom. The number of amides is 5. The van der Waals surface area contributed by atoms with Crippen molar-refractivity contribution >= 4 is 48.0 Å². The Labute approximate surface area is 596 Å². The molecule has 5 aliphatic heterocycles. The molecule has 5 heterocycles. The fourth-order valence-electron chi connectivity index (χ4n) is 14.3. The van der Waals surface area contributed by atoms with Crippen molar-refractivity contribution in [3.8, 4) is 0 Å². The normalized spacial score (nSPS) is 23.9. The van der Waals surface area contributed by atoms with E-state index < -0.39 is 106 Å². The molecule has 5 fully saturated rings. The zero-order valence-corrected chi connectivity index (χ0v) is 61.9. The van der Waals surface area contributed by atoms with Gasteiger partial charge in [-0.3, -0.25) is 29.1 Å². The molecular weight excluding hydrogens is 1290 g/mol. The Bertz CT molecular complexity index is 3430. The lowest BCUT2D eigenvalue weighted by Crippen LogP contribution is -2.77. The molecule has 101 heavy (non-hydrogen) atoms. The number of benzene rings is 4. The fraction of sp³-hybridized carbons (Fsp3) is 0.590. The molecule has 2 spiro atoms. The number of nitrogens with zero attached hydrogens (tertiary/aromatic N) is 5. The lowest BCUT2D eigenvalue weighted by Gasteiger charge is -2.54. The van der Waals surface area contributed by atoms with Crippen LogP contribution < -0.4 is 0 Å². The van der Waals surface area contributed by atoms with Gasteiger partial charge in [-0.25, -0.2) is 24.0 Å². The molecule has 13 atom stereocenters. The van der Waals surface area contributed by atoms with Crippen LogP contribution in [0, 0.1) is 11.8 Å². The first-order valence-corrected chi connectivity index (χ1v) is 35.3. The standard InChI is InChI=1S/C32H45NO6.C30H38N2O6.C16H26N2O6/c1-23(32(22-34)18-17-24(2)33(32)30(36)39-31(4,5)6)19-28(25(3)37-20-26-13-9-7-10-14-26)29(35)38-21-27-15-11-8-12-16-27;1-21-16-17-30(32(21)28(35)38-29(3,4)5)20-31(27(30)34)25(22(2)36-18-23-12-8-6-9-13-23)26(33)37-19-24-14-10-7-11-15-24;1-9-6-7-16(18(9)14(23)24-15(3,4)5)8-17(13(16)22)11(10(2)19)12(20)21/h7-16,23-25,28,34H,17-22H2,1-6H3;6-15,21-22,25H,16-20H2,1-5H3;9-11,19H,6-8H2,1-5H3,(H,20,21)/t23?,24?,25-,28+,32?;21?,22-,25+,30?;9?,10-,11+,16?/m111/s1. The second kappa shape index (κ2) is 33.8. The maximum absolute atomic E-state index is 13.8. The third kappa shape index (κ3) is 19.7. The van der Waals surface area contributed by atoms with Crippen LogP contribution in [0.1, 0.15) is 178 Å². The molecule has 5 amide bonds. The molecule has 5 aliphatic rings. The van der Waals surface area contributed by atoms with Gasteiger partial charge in [-0.15, -0.1) is 0 Å². The van der Waals surface area contributed by atoms with Crippen LogP contribution in [0.25, 0.3) is 0 Å². The molecule has 0 bridgehead atoms. The highest BCUT2D eigenvalue weighted by Gasteiger charge is 2.66. The zero-order valence-electron chi connectivity index (χ0n) is 61.9. The number of esters is 2. The van der Waals surface area contributed by atoms with Crippen LogP contribution >= 0.6 is 0 Å². The second-order valence-corrected chi connectivity index (χ2v) is 30.8. The van der Waals surface area contributed by atoms with Gasteiger partial charge in [0.15, 0.2) is 12.1 Å². The first kappa shape index (κ1) is 80.2. The van der Waals surface area contributed by atoms with Crippen LogP contribution in [-0.2, 0) is 83.6 Å². The number of aliphatic carboxylic acids is 1. The first-order valence-electron chi connectivity index (χ1n) is 35.3. The molecule has 4 aromatic carbocycles. The fourth-order valence-corrected chi connectivity index (χ4v) is 14.3. The molecule has 5 saturated heterocycles. The number of carboxylic acid groups (broad SMARTS) is 1. The van der Waals surface area contributed by atoms with E-state index in [1.165, 1.54) is 16.7 Å². The monoisotopic (exact) mass is 1400 g/mol. The lowest BCUT2D eigenvalue weighted by molar-refractivity contribution is -0.183. The summed E-state index contributed by atoms with van der Waals surface area (Å²) in [6.07, 6.45) is 0.281. The lowest BCUT2D eigenvalue weighted by atomic mass is 9.77. The number of hydrogen-bond donors (Lipinski definition) is 3. The summed E-state index contributed by atoms with van der Waals surface area (Å²) >= 11 is 0. The van der Waals surface area contributed by atoms with Crippen molar-refractivity contribution in [3.63, 3.8) is 0 Å². The molecule has 23 heteroatoms. The molecule has 4 aromatic rings. The first-order chi connectivity index (χ1) is 47.4. The maximum Gasteiger partial charge on any atom is 0.411 e. The van der Waals surface area contributed by atoms with E-state index in [1.54, 1.807) is 58.3 Å². The van der Waals surface area contributed by atoms with E-state index in [0.29, 0.717) is 51.7 Å². The Balaban J connectivity index is 0.000000219.